The molecule has 1 unspecified atom stereocenters. The summed E-state index contributed by atoms with van der Waals surface area (Å²) in [4.78, 5) is 0. The van der Waals surface area contributed by atoms with Gasteiger partial charge in [-0.25, -0.2) is 0 Å². The highest BCUT2D eigenvalue weighted by Crippen LogP contribution is 2.43. The van der Waals surface area contributed by atoms with Crippen LogP contribution in [0, 0.1) is 5.92 Å². The molecule has 0 bridgehead atoms. The Hall–Kier alpha value is -0.930. The fraction of sp³-hybridized carbons (Fsp3) is 0.571. The van der Waals surface area contributed by atoms with Gasteiger partial charge in [-0.15, -0.1) is 0 Å². The molecule has 1 aromatic carbocycles. The summed E-state index contributed by atoms with van der Waals surface area (Å²) in [5, 5.41) is 10.8. The second kappa shape index (κ2) is 4.98. The van der Waals surface area contributed by atoms with Gasteiger partial charge in [-0.2, -0.15) is 0 Å². The largest absolute Gasteiger partial charge is 0.489 e. The summed E-state index contributed by atoms with van der Waals surface area (Å²) in [5.41, 5.74) is 0.842. The summed E-state index contributed by atoms with van der Waals surface area (Å²) in [6.45, 7) is 1.25. The van der Waals surface area contributed by atoms with E-state index in [1.54, 1.807) is 6.07 Å². The lowest BCUT2D eigenvalue weighted by Gasteiger charge is -2.30. The van der Waals surface area contributed by atoms with Crippen LogP contribution in [0.2, 0.25) is 5.02 Å². The molecule has 3 nitrogen and oxygen atoms in total. The first-order valence-electron chi connectivity index (χ1n) is 6.53. The third kappa shape index (κ3) is 2.17. The van der Waals surface area contributed by atoms with Gasteiger partial charge in [0.05, 0.1) is 24.3 Å². The number of aliphatic hydroxyl groups excluding tert-OH is 1. The zero-order valence-corrected chi connectivity index (χ0v) is 10.9. The van der Waals surface area contributed by atoms with Crippen LogP contribution in [0.25, 0.3) is 0 Å². The lowest BCUT2D eigenvalue weighted by atomic mass is 9.79. The lowest BCUT2D eigenvalue weighted by Crippen LogP contribution is -2.20. The maximum atomic E-state index is 10.3. The molecule has 0 amide bonds. The molecular formula is C14H17ClO3. The molecule has 1 atom stereocenters. The summed E-state index contributed by atoms with van der Waals surface area (Å²) >= 11 is 6.21. The third-order valence-electron chi connectivity index (χ3n) is 3.76. The Morgan fingerprint density at radius 1 is 1.17 bits per heavy atom. The van der Waals surface area contributed by atoms with E-state index in [1.807, 2.05) is 6.07 Å². The molecule has 0 aromatic heterocycles. The average Bonchev–Trinajstić information content (AvgIpc) is 2.51. The first-order valence-corrected chi connectivity index (χ1v) is 6.90. The van der Waals surface area contributed by atoms with Crippen LogP contribution in [0.3, 0.4) is 0 Å². The van der Waals surface area contributed by atoms with Crippen molar-refractivity contribution in [2.24, 2.45) is 5.92 Å². The molecule has 0 saturated heterocycles. The molecule has 3 rings (SSSR count). The highest BCUT2D eigenvalue weighted by molar-refractivity contribution is 6.32. The number of aliphatic hydroxyl groups is 1. The molecule has 1 fully saturated rings. The van der Waals surface area contributed by atoms with E-state index in [0.29, 0.717) is 35.7 Å². The Bertz CT molecular complexity index is 443. The molecule has 18 heavy (non-hydrogen) atoms. The molecule has 1 N–H and O–H groups in total. The number of halogens is 1. The van der Waals surface area contributed by atoms with Crippen molar-refractivity contribution in [3.63, 3.8) is 0 Å². The SMILES string of the molecule is OC(c1cc(Cl)c2c(c1)OCCCO2)C1CCC1. The van der Waals surface area contributed by atoms with Gasteiger partial charge in [0.15, 0.2) is 11.5 Å². The summed E-state index contributed by atoms with van der Waals surface area (Å²) in [6, 6.07) is 3.67. The number of benzene rings is 1. The molecule has 1 aliphatic carbocycles. The Morgan fingerprint density at radius 2 is 1.94 bits per heavy atom. The van der Waals surface area contributed by atoms with Crippen molar-refractivity contribution in [3.05, 3.63) is 22.7 Å². The number of hydrogen-bond acceptors (Lipinski definition) is 3. The van der Waals surface area contributed by atoms with Crippen molar-refractivity contribution >= 4 is 11.6 Å². The van der Waals surface area contributed by atoms with E-state index in [1.165, 1.54) is 6.42 Å². The number of ether oxygens (including phenoxy) is 2. The molecule has 1 aromatic rings. The molecule has 1 aliphatic heterocycles. The normalized spacial score (nSPS) is 21.0. The highest BCUT2D eigenvalue weighted by atomic mass is 35.5. The maximum absolute atomic E-state index is 10.3. The third-order valence-corrected chi connectivity index (χ3v) is 4.04. The summed E-state index contributed by atoms with van der Waals surface area (Å²) < 4.78 is 11.2. The van der Waals surface area contributed by atoms with Crippen molar-refractivity contribution in [2.75, 3.05) is 13.2 Å². The highest BCUT2D eigenvalue weighted by Gasteiger charge is 2.28. The second-order valence-electron chi connectivity index (χ2n) is 5.02. The Morgan fingerprint density at radius 3 is 2.67 bits per heavy atom. The topological polar surface area (TPSA) is 38.7 Å². The van der Waals surface area contributed by atoms with Crippen LogP contribution in [-0.2, 0) is 0 Å². The van der Waals surface area contributed by atoms with Crippen LogP contribution in [0.5, 0.6) is 11.5 Å². The lowest BCUT2D eigenvalue weighted by molar-refractivity contribution is 0.0618. The second-order valence-corrected chi connectivity index (χ2v) is 5.42. The zero-order chi connectivity index (χ0) is 12.5. The Labute approximate surface area is 112 Å². The van der Waals surface area contributed by atoms with E-state index >= 15 is 0 Å². The van der Waals surface area contributed by atoms with Crippen molar-refractivity contribution in [3.8, 4) is 11.5 Å². The van der Waals surface area contributed by atoms with Crippen LogP contribution < -0.4 is 9.47 Å². The van der Waals surface area contributed by atoms with Gasteiger partial charge in [-0.3, -0.25) is 0 Å². The summed E-state index contributed by atoms with van der Waals surface area (Å²) in [7, 11) is 0. The fourth-order valence-corrected chi connectivity index (χ4v) is 2.72. The van der Waals surface area contributed by atoms with Gasteiger partial charge in [0.1, 0.15) is 0 Å². The Kier molecular flexibility index (Phi) is 3.35. The van der Waals surface area contributed by atoms with Gasteiger partial charge in [-0.1, -0.05) is 18.0 Å². The predicted molar refractivity (Wildman–Crippen MR) is 69.4 cm³/mol. The van der Waals surface area contributed by atoms with Crippen LogP contribution in [0.4, 0.5) is 0 Å². The van der Waals surface area contributed by atoms with Crippen LogP contribution >= 0.6 is 11.6 Å². The predicted octanol–water partition coefficient (Wildman–Crippen LogP) is 3.33. The van der Waals surface area contributed by atoms with E-state index in [9.17, 15) is 5.11 Å². The van der Waals surface area contributed by atoms with Crippen LogP contribution in [0.1, 0.15) is 37.4 Å². The molecule has 1 heterocycles. The standard InChI is InChI=1S/C14H17ClO3/c15-11-7-10(13(16)9-3-1-4-9)8-12-14(11)18-6-2-5-17-12/h7-9,13,16H,1-6H2. The number of rotatable bonds is 2. The number of hydrogen-bond donors (Lipinski definition) is 1. The quantitative estimate of drug-likeness (QED) is 0.894. The minimum atomic E-state index is -0.437. The molecule has 4 heteroatoms. The van der Waals surface area contributed by atoms with E-state index in [2.05, 4.69) is 0 Å². The first kappa shape index (κ1) is 12.1. The first-order chi connectivity index (χ1) is 8.75. The molecule has 2 aliphatic rings. The van der Waals surface area contributed by atoms with Gasteiger partial charge in [0.25, 0.3) is 0 Å². The molecule has 0 radical (unpaired) electrons. The summed E-state index contributed by atoms with van der Waals surface area (Å²) in [6.07, 6.45) is 3.81. The van der Waals surface area contributed by atoms with Crippen LogP contribution in [0.15, 0.2) is 12.1 Å². The minimum Gasteiger partial charge on any atom is -0.489 e. The van der Waals surface area contributed by atoms with Gasteiger partial charge >= 0.3 is 0 Å². The van der Waals surface area contributed by atoms with E-state index < -0.39 is 6.10 Å². The smallest absolute Gasteiger partial charge is 0.179 e. The van der Waals surface area contributed by atoms with Crippen molar-refractivity contribution in [1.29, 1.82) is 0 Å². The van der Waals surface area contributed by atoms with Gasteiger partial charge in [0, 0.05) is 6.42 Å². The van der Waals surface area contributed by atoms with Gasteiger partial charge in [0.2, 0.25) is 0 Å². The van der Waals surface area contributed by atoms with Crippen molar-refractivity contribution in [1.82, 2.24) is 0 Å². The molecule has 0 spiro atoms. The van der Waals surface area contributed by atoms with E-state index in [-0.39, 0.29) is 0 Å². The number of fused-ring (bicyclic) bond motifs is 1. The maximum Gasteiger partial charge on any atom is 0.179 e. The van der Waals surface area contributed by atoms with Crippen molar-refractivity contribution in [2.45, 2.75) is 31.8 Å². The summed E-state index contributed by atoms with van der Waals surface area (Å²) in [5.74, 6) is 1.64. The monoisotopic (exact) mass is 268 g/mol. The van der Waals surface area contributed by atoms with E-state index in [0.717, 1.165) is 24.8 Å². The average molecular weight is 269 g/mol. The van der Waals surface area contributed by atoms with Gasteiger partial charge in [-0.05, 0) is 36.5 Å². The minimum absolute atomic E-state index is 0.366. The van der Waals surface area contributed by atoms with Crippen LogP contribution in [-0.4, -0.2) is 18.3 Å². The zero-order valence-electron chi connectivity index (χ0n) is 10.2. The van der Waals surface area contributed by atoms with E-state index in [4.69, 9.17) is 21.1 Å². The van der Waals surface area contributed by atoms with Crippen molar-refractivity contribution < 1.29 is 14.6 Å². The molecule has 1 saturated carbocycles. The molecular weight excluding hydrogens is 252 g/mol. The van der Waals surface area contributed by atoms with Gasteiger partial charge < -0.3 is 14.6 Å². The Balaban J connectivity index is 1.91. The fourth-order valence-electron chi connectivity index (χ4n) is 2.45. The molecule has 98 valence electrons.